The van der Waals surface area contributed by atoms with Crippen molar-refractivity contribution in [1.82, 2.24) is 26.6 Å². The van der Waals surface area contributed by atoms with Gasteiger partial charge < -0.3 is 42.1 Å². The van der Waals surface area contributed by atoms with Crippen LogP contribution in [-0.2, 0) is 38.4 Å². The number of amides is 6. The van der Waals surface area contributed by atoms with Crippen LogP contribution in [0.3, 0.4) is 0 Å². The first kappa shape index (κ1) is 40.4. The standard InChI is InChI=1S/C29H41N7O12/c1-13(2)23(31-16(6)37)29(46)34-20(12-22(40)41)27(44)35-24(14(3)4)28(45)30-15(5)25(42)33-19(11-21(38)39)26(43)32-17-7-9-18(10-8-17)36(47)48/h7-10,13-15,19-20,23-24H,11-12H2,1-6H3,(H,30,45)(H,31,37)(H,32,43)(H,33,42)(H,34,46)(H,35,44)(H,38,39)(H,40,41)/t15-,19-,20-,23+,24+/m0/s1. The lowest BCUT2D eigenvalue weighted by Gasteiger charge is -2.28. The van der Waals surface area contributed by atoms with Gasteiger partial charge in [0.25, 0.3) is 5.69 Å². The SMILES string of the molecule is CC(=O)N[C@@H](C(=O)N[C@@H](CC(=O)O)C(=O)N[C@@H](C(=O)N[C@@H](C)C(=O)N[C@@H](CC(=O)O)C(=O)Nc1ccc([N+](=O)[O-])cc1)C(C)C)C(C)C. The Bertz CT molecular complexity index is 1400. The van der Waals surface area contributed by atoms with Crippen LogP contribution in [0, 0.1) is 22.0 Å². The molecule has 0 radical (unpaired) electrons. The first-order chi connectivity index (χ1) is 22.2. The Morgan fingerprint density at radius 3 is 1.52 bits per heavy atom. The average molecular weight is 680 g/mol. The molecule has 5 atom stereocenters. The molecule has 0 unspecified atom stereocenters. The molecule has 8 N–H and O–H groups in total. The molecular formula is C29H41N7O12. The molecule has 19 nitrogen and oxygen atoms in total. The third-order valence-corrected chi connectivity index (χ3v) is 6.68. The topological polar surface area (TPSA) is 292 Å². The summed E-state index contributed by atoms with van der Waals surface area (Å²) in [7, 11) is 0. The van der Waals surface area contributed by atoms with Crippen molar-refractivity contribution in [2.45, 2.75) is 84.6 Å². The fraction of sp³-hybridized carbons (Fsp3) is 0.517. The second kappa shape index (κ2) is 18.5. The number of benzene rings is 1. The largest absolute Gasteiger partial charge is 0.481 e. The number of carboxylic acids is 2. The molecule has 0 aliphatic carbocycles. The quantitative estimate of drug-likeness (QED) is 0.0703. The Morgan fingerprint density at radius 1 is 0.646 bits per heavy atom. The number of aliphatic carboxylic acids is 2. The van der Waals surface area contributed by atoms with Gasteiger partial charge in [-0.25, -0.2) is 0 Å². The summed E-state index contributed by atoms with van der Waals surface area (Å²) < 4.78 is 0. The molecule has 0 heterocycles. The third kappa shape index (κ3) is 13.4. The number of nitrogens with zero attached hydrogens (tertiary/aromatic N) is 1. The van der Waals surface area contributed by atoms with Gasteiger partial charge in [0, 0.05) is 24.7 Å². The molecule has 1 aromatic rings. The maximum absolute atomic E-state index is 13.2. The molecule has 0 spiro atoms. The highest BCUT2D eigenvalue weighted by Crippen LogP contribution is 2.16. The summed E-state index contributed by atoms with van der Waals surface area (Å²) in [5.41, 5.74) is -0.174. The maximum Gasteiger partial charge on any atom is 0.305 e. The van der Waals surface area contributed by atoms with Crippen molar-refractivity contribution in [3.05, 3.63) is 34.4 Å². The number of non-ortho nitro benzene ring substituents is 1. The van der Waals surface area contributed by atoms with Gasteiger partial charge in [0.2, 0.25) is 35.4 Å². The van der Waals surface area contributed by atoms with Gasteiger partial charge in [0.15, 0.2) is 0 Å². The molecule has 0 fully saturated rings. The summed E-state index contributed by atoms with van der Waals surface area (Å²) in [6, 6.07) is -2.47. The molecule has 0 bridgehead atoms. The van der Waals surface area contributed by atoms with Crippen LogP contribution >= 0.6 is 0 Å². The van der Waals surface area contributed by atoms with E-state index >= 15 is 0 Å². The monoisotopic (exact) mass is 679 g/mol. The van der Waals surface area contributed by atoms with Crippen LogP contribution in [0.2, 0.25) is 0 Å². The minimum Gasteiger partial charge on any atom is -0.481 e. The van der Waals surface area contributed by atoms with Crippen LogP contribution in [0.25, 0.3) is 0 Å². The summed E-state index contributed by atoms with van der Waals surface area (Å²) in [6.07, 6.45) is -1.72. The molecule has 19 heteroatoms. The lowest BCUT2D eigenvalue weighted by molar-refractivity contribution is -0.384. The highest BCUT2D eigenvalue weighted by molar-refractivity contribution is 6.01. The van der Waals surface area contributed by atoms with E-state index in [2.05, 4.69) is 31.9 Å². The van der Waals surface area contributed by atoms with Crippen LogP contribution in [0.5, 0.6) is 0 Å². The van der Waals surface area contributed by atoms with Gasteiger partial charge >= 0.3 is 11.9 Å². The molecule has 0 saturated carbocycles. The minimum absolute atomic E-state index is 0.0827. The Hall–Kier alpha value is -5.62. The fourth-order valence-electron chi connectivity index (χ4n) is 4.13. The van der Waals surface area contributed by atoms with E-state index in [1.165, 1.54) is 39.8 Å². The lowest BCUT2D eigenvalue weighted by Crippen LogP contribution is -2.60. The number of hydrogen-bond donors (Lipinski definition) is 8. The first-order valence-electron chi connectivity index (χ1n) is 14.7. The number of carbonyl (C=O) groups excluding carboxylic acids is 6. The average Bonchev–Trinajstić information content (AvgIpc) is 2.96. The predicted octanol–water partition coefficient (Wildman–Crippen LogP) is -0.741. The van der Waals surface area contributed by atoms with Crippen molar-refractivity contribution < 1.29 is 53.5 Å². The Labute approximate surface area is 275 Å². The lowest BCUT2D eigenvalue weighted by atomic mass is 10.0. The van der Waals surface area contributed by atoms with Gasteiger partial charge in [0.05, 0.1) is 17.8 Å². The van der Waals surface area contributed by atoms with E-state index in [4.69, 9.17) is 0 Å². The molecule has 0 aliphatic rings. The third-order valence-electron chi connectivity index (χ3n) is 6.68. The predicted molar refractivity (Wildman–Crippen MR) is 167 cm³/mol. The highest BCUT2D eigenvalue weighted by Gasteiger charge is 2.34. The summed E-state index contributed by atoms with van der Waals surface area (Å²) in [6.45, 7) is 8.73. The van der Waals surface area contributed by atoms with Crippen LogP contribution in [0.1, 0.15) is 54.4 Å². The first-order valence-corrected chi connectivity index (χ1v) is 14.7. The Morgan fingerprint density at radius 2 is 1.08 bits per heavy atom. The van der Waals surface area contributed by atoms with E-state index in [1.54, 1.807) is 13.8 Å². The maximum atomic E-state index is 13.2. The number of carbonyl (C=O) groups is 8. The number of nitrogens with one attached hydrogen (secondary N) is 6. The number of hydrogen-bond acceptors (Lipinski definition) is 10. The van der Waals surface area contributed by atoms with Crippen molar-refractivity contribution in [2.24, 2.45) is 11.8 Å². The van der Waals surface area contributed by atoms with Crippen molar-refractivity contribution in [3.63, 3.8) is 0 Å². The van der Waals surface area contributed by atoms with E-state index in [9.17, 15) is 58.7 Å². The van der Waals surface area contributed by atoms with Crippen LogP contribution in [0.15, 0.2) is 24.3 Å². The van der Waals surface area contributed by atoms with Gasteiger partial charge in [-0.2, -0.15) is 0 Å². The van der Waals surface area contributed by atoms with Gasteiger partial charge in [-0.15, -0.1) is 0 Å². The van der Waals surface area contributed by atoms with Crippen molar-refractivity contribution in [3.8, 4) is 0 Å². The number of carboxylic acid groups (broad SMARTS) is 2. The van der Waals surface area contributed by atoms with Gasteiger partial charge in [-0.05, 0) is 30.9 Å². The second-order valence-electron chi connectivity index (χ2n) is 11.5. The highest BCUT2D eigenvalue weighted by atomic mass is 16.6. The molecule has 6 amide bonds. The summed E-state index contributed by atoms with van der Waals surface area (Å²) in [5, 5.41) is 43.4. The van der Waals surface area contributed by atoms with Crippen LogP contribution in [0.4, 0.5) is 11.4 Å². The molecule has 264 valence electrons. The molecule has 1 rings (SSSR count). The van der Waals surface area contributed by atoms with E-state index < -0.39 is 107 Å². The molecule has 0 saturated heterocycles. The zero-order chi connectivity index (χ0) is 36.9. The van der Waals surface area contributed by atoms with Crippen molar-refractivity contribution in [2.75, 3.05) is 5.32 Å². The summed E-state index contributed by atoms with van der Waals surface area (Å²) >= 11 is 0. The summed E-state index contributed by atoms with van der Waals surface area (Å²) in [5.74, 6) is -9.17. The van der Waals surface area contributed by atoms with Gasteiger partial charge in [-0.1, -0.05) is 27.7 Å². The van der Waals surface area contributed by atoms with Crippen molar-refractivity contribution >= 4 is 58.8 Å². The molecule has 0 aromatic heterocycles. The number of nitro groups is 1. The number of rotatable bonds is 18. The Kier molecular flexibility index (Phi) is 15.6. The minimum atomic E-state index is -1.65. The summed E-state index contributed by atoms with van der Waals surface area (Å²) in [4.78, 5) is 109. The van der Waals surface area contributed by atoms with Crippen molar-refractivity contribution in [1.29, 1.82) is 0 Å². The zero-order valence-electron chi connectivity index (χ0n) is 27.2. The molecule has 0 aliphatic heterocycles. The van der Waals surface area contributed by atoms with Crippen LogP contribution < -0.4 is 31.9 Å². The molecule has 48 heavy (non-hydrogen) atoms. The van der Waals surface area contributed by atoms with E-state index in [-0.39, 0.29) is 11.4 Å². The Balaban J connectivity index is 3.03. The zero-order valence-corrected chi connectivity index (χ0v) is 27.2. The molecule has 1 aromatic carbocycles. The van der Waals surface area contributed by atoms with Gasteiger partial charge in [-0.3, -0.25) is 48.5 Å². The van der Waals surface area contributed by atoms with E-state index in [0.29, 0.717) is 0 Å². The molecular weight excluding hydrogens is 638 g/mol. The normalized spacial score (nSPS) is 13.9. The number of nitro benzene ring substituents is 1. The number of anilines is 1. The second-order valence-corrected chi connectivity index (χ2v) is 11.5. The van der Waals surface area contributed by atoms with Gasteiger partial charge in [0.1, 0.15) is 30.2 Å². The van der Waals surface area contributed by atoms with Crippen LogP contribution in [-0.4, -0.2) is 92.7 Å². The smallest absolute Gasteiger partial charge is 0.305 e. The van der Waals surface area contributed by atoms with E-state index in [0.717, 1.165) is 12.1 Å². The fourth-order valence-corrected chi connectivity index (χ4v) is 4.13. The van der Waals surface area contributed by atoms with E-state index in [1.807, 2.05) is 0 Å².